The van der Waals surface area contributed by atoms with Crippen LogP contribution < -0.4 is 5.32 Å². The molecule has 2 aliphatic rings. The van der Waals surface area contributed by atoms with Crippen LogP contribution in [0.5, 0.6) is 0 Å². The van der Waals surface area contributed by atoms with Gasteiger partial charge in [0.1, 0.15) is 0 Å². The van der Waals surface area contributed by atoms with Crippen LogP contribution in [-0.2, 0) is 0 Å². The molecule has 1 N–H and O–H groups in total. The summed E-state index contributed by atoms with van der Waals surface area (Å²) >= 11 is 1.90. The number of nitrogens with zero attached hydrogens (tertiary/aromatic N) is 1. The largest absolute Gasteiger partial charge is 0.360 e. The Bertz CT molecular complexity index is 273. The molecule has 16 heavy (non-hydrogen) atoms. The molecule has 1 saturated heterocycles. The number of hydrogen-bond acceptors (Lipinski definition) is 2. The van der Waals surface area contributed by atoms with E-state index in [1.807, 2.05) is 11.8 Å². The predicted octanol–water partition coefficient (Wildman–Crippen LogP) is 3.43. The number of rotatable bonds is 3. The smallest absolute Gasteiger partial charge is 0.157 e. The molecule has 1 heterocycles. The third-order valence-electron chi connectivity index (χ3n) is 4.23. The van der Waals surface area contributed by atoms with Crippen molar-refractivity contribution in [3.63, 3.8) is 0 Å². The quantitative estimate of drug-likeness (QED) is 0.817. The van der Waals surface area contributed by atoms with Gasteiger partial charge in [-0.15, -0.1) is 0 Å². The zero-order valence-corrected chi connectivity index (χ0v) is 11.6. The second kappa shape index (κ2) is 4.99. The van der Waals surface area contributed by atoms with Gasteiger partial charge in [0.25, 0.3) is 0 Å². The first-order chi connectivity index (χ1) is 7.63. The topological polar surface area (TPSA) is 24.4 Å². The maximum absolute atomic E-state index is 4.87. The van der Waals surface area contributed by atoms with Gasteiger partial charge in [-0.2, -0.15) is 0 Å². The second-order valence-electron chi connectivity index (χ2n) is 5.50. The number of aliphatic imine (C=N–C) groups is 1. The molecule has 1 aliphatic heterocycles. The van der Waals surface area contributed by atoms with Gasteiger partial charge in [-0.1, -0.05) is 25.1 Å². The SMILES string of the molecule is CCC1(C)CCSC(=NC(C)C2CCC2)N1. The van der Waals surface area contributed by atoms with Gasteiger partial charge >= 0.3 is 0 Å². The molecule has 0 aromatic heterocycles. The number of hydrogen-bond donors (Lipinski definition) is 1. The highest BCUT2D eigenvalue weighted by Gasteiger charge is 2.29. The van der Waals surface area contributed by atoms with Crippen molar-refractivity contribution in [3.8, 4) is 0 Å². The number of thioether (sulfide) groups is 1. The molecule has 2 rings (SSSR count). The van der Waals surface area contributed by atoms with Gasteiger partial charge in [-0.25, -0.2) is 0 Å². The standard InChI is InChI=1S/C13H24N2S/c1-4-13(3)8-9-16-12(15-13)14-10(2)11-6-5-7-11/h10-11H,4-9H2,1-3H3,(H,14,15). The van der Waals surface area contributed by atoms with E-state index in [2.05, 4.69) is 26.1 Å². The second-order valence-corrected chi connectivity index (χ2v) is 6.59. The molecule has 1 aliphatic carbocycles. The Morgan fingerprint density at radius 1 is 1.56 bits per heavy atom. The first-order valence-corrected chi connectivity index (χ1v) is 7.60. The highest BCUT2D eigenvalue weighted by molar-refractivity contribution is 8.13. The van der Waals surface area contributed by atoms with Crippen molar-refractivity contribution >= 4 is 16.9 Å². The molecule has 2 atom stereocenters. The van der Waals surface area contributed by atoms with Gasteiger partial charge in [-0.3, -0.25) is 4.99 Å². The van der Waals surface area contributed by atoms with Gasteiger partial charge in [-0.05, 0) is 45.4 Å². The van der Waals surface area contributed by atoms with Crippen LogP contribution in [0.25, 0.3) is 0 Å². The average Bonchev–Trinajstić information content (AvgIpc) is 2.15. The molecule has 2 nitrogen and oxygen atoms in total. The fraction of sp³-hybridized carbons (Fsp3) is 0.923. The van der Waals surface area contributed by atoms with Gasteiger partial charge < -0.3 is 5.32 Å². The van der Waals surface area contributed by atoms with Crippen molar-refractivity contribution in [3.05, 3.63) is 0 Å². The summed E-state index contributed by atoms with van der Waals surface area (Å²) in [5.74, 6) is 2.07. The fourth-order valence-corrected chi connectivity index (χ4v) is 3.58. The summed E-state index contributed by atoms with van der Waals surface area (Å²) < 4.78 is 0. The molecule has 0 bridgehead atoms. The Morgan fingerprint density at radius 2 is 2.31 bits per heavy atom. The van der Waals surface area contributed by atoms with Crippen LogP contribution in [0, 0.1) is 5.92 Å². The van der Waals surface area contributed by atoms with E-state index in [1.54, 1.807) is 0 Å². The van der Waals surface area contributed by atoms with Crippen molar-refractivity contribution < 1.29 is 0 Å². The van der Waals surface area contributed by atoms with E-state index in [9.17, 15) is 0 Å². The molecular formula is C13H24N2S. The Kier molecular flexibility index (Phi) is 3.83. The van der Waals surface area contributed by atoms with Crippen LogP contribution in [-0.4, -0.2) is 22.5 Å². The van der Waals surface area contributed by atoms with Crippen molar-refractivity contribution in [2.24, 2.45) is 10.9 Å². The minimum atomic E-state index is 0.281. The van der Waals surface area contributed by atoms with Gasteiger partial charge in [0.2, 0.25) is 0 Å². The van der Waals surface area contributed by atoms with E-state index in [-0.39, 0.29) is 5.54 Å². The molecule has 0 aromatic carbocycles. The molecule has 0 radical (unpaired) electrons. The highest BCUT2D eigenvalue weighted by Crippen LogP contribution is 2.32. The zero-order valence-electron chi connectivity index (χ0n) is 10.8. The lowest BCUT2D eigenvalue weighted by Crippen LogP contribution is -2.48. The fourth-order valence-electron chi connectivity index (χ4n) is 2.28. The molecule has 2 unspecified atom stereocenters. The lowest BCUT2D eigenvalue weighted by molar-refractivity contribution is 0.273. The van der Waals surface area contributed by atoms with Crippen molar-refractivity contribution in [1.82, 2.24) is 5.32 Å². The van der Waals surface area contributed by atoms with Gasteiger partial charge in [0, 0.05) is 11.3 Å². The predicted molar refractivity (Wildman–Crippen MR) is 73.1 cm³/mol. The maximum atomic E-state index is 4.87. The molecule has 2 fully saturated rings. The first-order valence-electron chi connectivity index (χ1n) is 6.62. The minimum absolute atomic E-state index is 0.281. The van der Waals surface area contributed by atoms with Crippen molar-refractivity contribution in [1.29, 1.82) is 0 Å². The van der Waals surface area contributed by atoms with Crippen LogP contribution in [0.3, 0.4) is 0 Å². The lowest BCUT2D eigenvalue weighted by atomic mass is 9.81. The molecule has 0 amide bonds. The molecular weight excluding hydrogens is 216 g/mol. The molecule has 3 heteroatoms. The van der Waals surface area contributed by atoms with Crippen LogP contribution in [0.1, 0.15) is 52.9 Å². The summed E-state index contributed by atoms with van der Waals surface area (Å²) in [5, 5.41) is 4.82. The summed E-state index contributed by atoms with van der Waals surface area (Å²) in [7, 11) is 0. The average molecular weight is 240 g/mol. The number of amidine groups is 1. The van der Waals surface area contributed by atoms with E-state index >= 15 is 0 Å². The first kappa shape index (κ1) is 12.3. The number of nitrogens with one attached hydrogen (secondary N) is 1. The van der Waals surface area contributed by atoms with Crippen molar-refractivity contribution in [2.45, 2.75) is 64.5 Å². The Morgan fingerprint density at radius 3 is 2.88 bits per heavy atom. The molecule has 0 spiro atoms. The third-order valence-corrected chi connectivity index (χ3v) is 5.12. The third kappa shape index (κ3) is 2.73. The maximum Gasteiger partial charge on any atom is 0.157 e. The Hall–Kier alpha value is -0.180. The summed E-state index contributed by atoms with van der Waals surface area (Å²) in [5.41, 5.74) is 0.281. The van der Waals surface area contributed by atoms with E-state index in [0.717, 1.165) is 5.92 Å². The van der Waals surface area contributed by atoms with Crippen LogP contribution >= 0.6 is 11.8 Å². The zero-order chi connectivity index (χ0) is 11.6. The summed E-state index contributed by atoms with van der Waals surface area (Å²) in [4.78, 5) is 4.87. The summed E-state index contributed by atoms with van der Waals surface area (Å²) in [6.07, 6.45) is 6.61. The van der Waals surface area contributed by atoms with Crippen LogP contribution in [0.2, 0.25) is 0 Å². The summed E-state index contributed by atoms with van der Waals surface area (Å²) in [6.45, 7) is 6.85. The van der Waals surface area contributed by atoms with Crippen molar-refractivity contribution in [2.75, 3.05) is 5.75 Å². The van der Waals surface area contributed by atoms with Gasteiger partial charge in [0.05, 0.1) is 6.04 Å². The monoisotopic (exact) mass is 240 g/mol. The normalized spacial score (nSPS) is 35.6. The highest BCUT2D eigenvalue weighted by atomic mass is 32.2. The Balaban J connectivity index is 1.94. The lowest BCUT2D eigenvalue weighted by Gasteiger charge is -2.36. The van der Waals surface area contributed by atoms with E-state index in [4.69, 9.17) is 4.99 Å². The molecule has 0 aromatic rings. The molecule has 1 saturated carbocycles. The van der Waals surface area contributed by atoms with Crippen LogP contribution in [0.15, 0.2) is 4.99 Å². The van der Waals surface area contributed by atoms with E-state index in [0.29, 0.717) is 6.04 Å². The summed E-state index contributed by atoms with van der Waals surface area (Å²) in [6, 6.07) is 0.517. The Labute approximate surface area is 104 Å². The van der Waals surface area contributed by atoms with Gasteiger partial charge in [0.15, 0.2) is 5.17 Å². The minimum Gasteiger partial charge on any atom is -0.360 e. The van der Waals surface area contributed by atoms with Crippen LogP contribution in [0.4, 0.5) is 0 Å². The molecule has 92 valence electrons. The van der Waals surface area contributed by atoms with E-state index < -0.39 is 0 Å². The van der Waals surface area contributed by atoms with E-state index in [1.165, 1.54) is 43.0 Å².